The summed E-state index contributed by atoms with van der Waals surface area (Å²) in [7, 11) is 0. The minimum absolute atomic E-state index is 0.462. The van der Waals surface area contributed by atoms with E-state index in [1.807, 2.05) is 0 Å². The fraction of sp³-hybridized carbons (Fsp3) is 0.308. The molecule has 0 radical (unpaired) electrons. The summed E-state index contributed by atoms with van der Waals surface area (Å²) in [5, 5.41) is 19.0. The Morgan fingerprint density at radius 2 is 1.02 bits per heavy atom. The predicted octanol–water partition coefficient (Wildman–Crippen LogP) is 10.1. The van der Waals surface area contributed by atoms with Crippen LogP contribution < -0.4 is 9.80 Å². The van der Waals surface area contributed by atoms with Crippen LogP contribution in [0, 0.1) is 23.2 Å². The molecule has 0 aliphatic carbocycles. The van der Waals surface area contributed by atoms with Gasteiger partial charge >= 0.3 is 0 Å². The Morgan fingerprint density at radius 3 is 1.45 bits per heavy atom. The van der Waals surface area contributed by atoms with Crippen LogP contribution in [0.25, 0.3) is 65.4 Å². The van der Waals surface area contributed by atoms with Crippen molar-refractivity contribution in [1.82, 2.24) is 0 Å². The standard InChI is InChI=1S/C39H35N3O2/c1-23-7-11-41(12-8-23)29-5-3-25-17-31-33-21-34-32-18-26-4-6-30(42-13-9-24(2)10-14-42)16-28(26)20-37(32)44-39(34)35(22-40)38(33)43-36(31)19-27(25)15-29/h3-6,15-21,23-24H,7-14H2,1-2H3. The lowest BCUT2D eigenvalue weighted by atomic mass is 9.98. The van der Waals surface area contributed by atoms with Gasteiger partial charge in [0.05, 0.1) is 0 Å². The molecule has 7 aromatic rings. The van der Waals surface area contributed by atoms with Gasteiger partial charge in [-0.1, -0.05) is 26.0 Å². The van der Waals surface area contributed by atoms with E-state index in [0.29, 0.717) is 16.7 Å². The SMILES string of the molecule is CC1CCN(c2ccc3cc4c(cc3c2)oc2c(C#N)c3oc5cc6cc(N7CCC(C)CC7)ccc6cc5c3cc24)CC1. The van der Waals surface area contributed by atoms with Crippen LogP contribution in [0.4, 0.5) is 11.4 Å². The van der Waals surface area contributed by atoms with E-state index >= 15 is 0 Å². The third kappa shape index (κ3) is 3.97. The lowest BCUT2D eigenvalue weighted by molar-refractivity contribution is 0.438. The van der Waals surface area contributed by atoms with Gasteiger partial charge < -0.3 is 18.6 Å². The van der Waals surface area contributed by atoms with Gasteiger partial charge in [0.1, 0.15) is 22.8 Å². The topological polar surface area (TPSA) is 56.6 Å². The molecule has 2 aromatic heterocycles. The van der Waals surface area contributed by atoms with E-state index < -0.39 is 0 Å². The van der Waals surface area contributed by atoms with Crippen LogP contribution >= 0.6 is 0 Å². The monoisotopic (exact) mass is 577 g/mol. The van der Waals surface area contributed by atoms with Gasteiger partial charge in [-0.25, -0.2) is 0 Å². The molecule has 0 unspecified atom stereocenters. The van der Waals surface area contributed by atoms with Gasteiger partial charge in [-0.15, -0.1) is 0 Å². The first-order valence-corrected chi connectivity index (χ1v) is 16.2. The fourth-order valence-electron chi connectivity index (χ4n) is 7.63. The van der Waals surface area contributed by atoms with Gasteiger partial charge in [0.2, 0.25) is 0 Å². The van der Waals surface area contributed by atoms with Crippen molar-refractivity contribution in [3.05, 3.63) is 72.3 Å². The van der Waals surface area contributed by atoms with Crippen molar-refractivity contribution in [3.63, 3.8) is 0 Å². The number of piperidine rings is 2. The maximum atomic E-state index is 10.4. The van der Waals surface area contributed by atoms with Crippen molar-refractivity contribution in [2.24, 2.45) is 11.8 Å². The molecule has 2 aliphatic rings. The summed E-state index contributed by atoms with van der Waals surface area (Å²) in [6.07, 6.45) is 4.95. The Labute approximate surface area is 256 Å². The van der Waals surface area contributed by atoms with Gasteiger partial charge in [0, 0.05) is 59.1 Å². The molecule has 2 aliphatic heterocycles. The average Bonchev–Trinajstić information content (AvgIpc) is 3.58. The number of nitrogens with zero attached hydrogens (tertiary/aromatic N) is 3. The quantitative estimate of drug-likeness (QED) is 0.205. The molecule has 218 valence electrons. The second kappa shape index (κ2) is 9.66. The molecule has 9 rings (SSSR count). The Bertz CT molecular complexity index is 2150. The van der Waals surface area contributed by atoms with Gasteiger partial charge in [0.25, 0.3) is 0 Å². The average molecular weight is 578 g/mol. The van der Waals surface area contributed by atoms with Crippen LogP contribution in [0.2, 0.25) is 0 Å². The van der Waals surface area contributed by atoms with Crippen LogP contribution in [-0.2, 0) is 0 Å². The Balaban J connectivity index is 1.18. The maximum Gasteiger partial charge on any atom is 0.157 e. The molecule has 5 heteroatoms. The molecule has 2 fully saturated rings. The molecule has 5 aromatic carbocycles. The zero-order chi connectivity index (χ0) is 29.5. The van der Waals surface area contributed by atoms with E-state index in [2.05, 4.69) is 96.4 Å². The van der Waals surface area contributed by atoms with Crippen molar-refractivity contribution >= 4 is 76.8 Å². The van der Waals surface area contributed by atoms with Crippen molar-refractivity contribution in [2.45, 2.75) is 39.5 Å². The van der Waals surface area contributed by atoms with E-state index in [1.165, 1.54) is 47.8 Å². The van der Waals surface area contributed by atoms with Crippen LogP contribution in [0.15, 0.2) is 75.6 Å². The van der Waals surface area contributed by atoms with Crippen molar-refractivity contribution < 1.29 is 8.83 Å². The molecule has 0 bridgehead atoms. The molecule has 44 heavy (non-hydrogen) atoms. The number of benzene rings is 5. The summed E-state index contributed by atoms with van der Waals surface area (Å²) in [6, 6.07) is 26.8. The molecular weight excluding hydrogens is 542 g/mol. The largest absolute Gasteiger partial charge is 0.454 e. The first-order valence-electron chi connectivity index (χ1n) is 16.2. The minimum Gasteiger partial charge on any atom is -0.454 e. The van der Waals surface area contributed by atoms with Gasteiger partial charge in [-0.05, 0) is 114 Å². The van der Waals surface area contributed by atoms with E-state index in [-0.39, 0.29) is 0 Å². The zero-order valence-electron chi connectivity index (χ0n) is 25.3. The molecule has 0 amide bonds. The summed E-state index contributed by atoms with van der Waals surface area (Å²) in [6.45, 7) is 9.11. The fourth-order valence-corrected chi connectivity index (χ4v) is 7.63. The lowest BCUT2D eigenvalue weighted by Gasteiger charge is -2.32. The lowest BCUT2D eigenvalue weighted by Crippen LogP contribution is -2.32. The number of anilines is 2. The van der Waals surface area contributed by atoms with E-state index in [9.17, 15) is 5.26 Å². The van der Waals surface area contributed by atoms with Gasteiger partial charge in [-0.3, -0.25) is 0 Å². The molecule has 0 spiro atoms. The van der Waals surface area contributed by atoms with E-state index in [4.69, 9.17) is 8.83 Å². The second-order valence-corrected chi connectivity index (χ2v) is 13.4. The number of furan rings is 2. The number of rotatable bonds is 2. The molecule has 2 saturated heterocycles. The third-order valence-corrected chi connectivity index (χ3v) is 10.5. The van der Waals surface area contributed by atoms with Crippen molar-refractivity contribution in [2.75, 3.05) is 36.0 Å². The van der Waals surface area contributed by atoms with Crippen molar-refractivity contribution in [3.8, 4) is 6.07 Å². The highest BCUT2D eigenvalue weighted by Gasteiger charge is 2.22. The highest BCUT2D eigenvalue weighted by molar-refractivity contribution is 6.20. The summed E-state index contributed by atoms with van der Waals surface area (Å²) in [5.41, 5.74) is 5.80. The smallest absolute Gasteiger partial charge is 0.157 e. The molecule has 4 heterocycles. The zero-order valence-corrected chi connectivity index (χ0v) is 25.3. The summed E-state index contributed by atoms with van der Waals surface area (Å²) >= 11 is 0. The highest BCUT2D eigenvalue weighted by atomic mass is 16.3. The van der Waals surface area contributed by atoms with Crippen LogP contribution in [-0.4, -0.2) is 26.2 Å². The number of fused-ring (bicyclic) bond motifs is 8. The normalized spacial score (nSPS) is 17.2. The maximum absolute atomic E-state index is 10.4. The van der Waals surface area contributed by atoms with E-state index in [0.717, 1.165) is 81.5 Å². The Hall–Kier alpha value is -4.69. The minimum atomic E-state index is 0.462. The molecule has 0 atom stereocenters. The van der Waals surface area contributed by atoms with E-state index in [1.54, 1.807) is 0 Å². The molecule has 0 saturated carbocycles. The predicted molar refractivity (Wildman–Crippen MR) is 182 cm³/mol. The first-order chi connectivity index (χ1) is 21.5. The van der Waals surface area contributed by atoms with Crippen LogP contribution in [0.1, 0.15) is 45.1 Å². The highest BCUT2D eigenvalue weighted by Crippen LogP contribution is 2.42. The molecular formula is C39H35N3O2. The number of hydrogen-bond donors (Lipinski definition) is 0. The van der Waals surface area contributed by atoms with Crippen molar-refractivity contribution in [1.29, 1.82) is 5.26 Å². The summed E-state index contributed by atoms with van der Waals surface area (Å²) in [4.78, 5) is 4.99. The third-order valence-electron chi connectivity index (χ3n) is 10.5. The second-order valence-electron chi connectivity index (χ2n) is 13.4. The van der Waals surface area contributed by atoms with Gasteiger partial charge in [0.15, 0.2) is 11.2 Å². The Morgan fingerprint density at radius 1 is 0.568 bits per heavy atom. The van der Waals surface area contributed by atoms with Crippen LogP contribution in [0.3, 0.4) is 0 Å². The van der Waals surface area contributed by atoms with Gasteiger partial charge in [-0.2, -0.15) is 5.26 Å². The summed E-state index contributed by atoms with van der Waals surface area (Å²) in [5.74, 6) is 1.60. The molecule has 0 N–H and O–H groups in total. The number of nitriles is 1. The number of hydrogen-bond acceptors (Lipinski definition) is 5. The summed E-state index contributed by atoms with van der Waals surface area (Å²) < 4.78 is 12.9. The van der Waals surface area contributed by atoms with Crippen LogP contribution in [0.5, 0.6) is 0 Å². The molecule has 5 nitrogen and oxygen atoms in total. The Kier molecular flexibility index (Phi) is 5.66. The first kappa shape index (κ1) is 25.8.